The van der Waals surface area contributed by atoms with E-state index in [1.54, 1.807) is 4.90 Å². The molecular weight excluding hydrogens is 311 g/mol. The Balaban J connectivity index is 2.19. The fourth-order valence-electron chi connectivity index (χ4n) is 1.99. The van der Waals surface area contributed by atoms with Gasteiger partial charge in [-0.3, -0.25) is 0 Å². The third-order valence-corrected chi connectivity index (χ3v) is 4.32. The second-order valence-corrected chi connectivity index (χ2v) is 6.60. The Bertz CT molecular complexity index is 626. The minimum absolute atomic E-state index is 0.0444. The average molecular weight is 325 g/mol. The highest BCUT2D eigenvalue weighted by Crippen LogP contribution is 2.28. The van der Waals surface area contributed by atoms with Gasteiger partial charge in [0.25, 0.3) is 0 Å². The minimum atomic E-state index is -4.68. The van der Waals surface area contributed by atoms with E-state index in [1.807, 2.05) is 0 Å². The Labute approximate surface area is 119 Å². The van der Waals surface area contributed by atoms with Gasteiger partial charge in [0, 0.05) is 32.2 Å². The minimum Gasteiger partial charge on any atom is -0.384 e. The van der Waals surface area contributed by atoms with Gasteiger partial charge in [-0.1, -0.05) is 0 Å². The Morgan fingerprint density at radius 3 is 2.24 bits per heavy atom. The Morgan fingerprint density at radius 1 is 1.19 bits per heavy atom. The summed E-state index contributed by atoms with van der Waals surface area (Å²) in [6.07, 6.45) is -3.59. The molecule has 118 valence electrons. The molecule has 11 heteroatoms. The molecule has 1 aromatic rings. The molecule has 0 saturated carbocycles. The summed E-state index contributed by atoms with van der Waals surface area (Å²) in [5.74, 6) is -1.54. The van der Waals surface area contributed by atoms with Crippen LogP contribution in [0.5, 0.6) is 0 Å². The van der Waals surface area contributed by atoms with Crippen LogP contribution in [-0.4, -0.2) is 55.1 Å². The van der Waals surface area contributed by atoms with Crippen molar-refractivity contribution in [3.63, 3.8) is 0 Å². The van der Waals surface area contributed by atoms with E-state index in [9.17, 15) is 21.6 Å². The number of nitrogen functional groups attached to an aromatic ring is 1. The van der Waals surface area contributed by atoms with Crippen molar-refractivity contribution in [3.8, 4) is 0 Å². The van der Waals surface area contributed by atoms with Crippen LogP contribution in [0.15, 0.2) is 6.07 Å². The van der Waals surface area contributed by atoms with E-state index in [1.165, 1.54) is 10.4 Å². The molecule has 2 N–H and O–H groups in total. The zero-order valence-corrected chi connectivity index (χ0v) is 11.9. The maximum Gasteiger partial charge on any atom is 0.451 e. The van der Waals surface area contributed by atoms with Crippen LogP contribution in [0.2, 0.25) is 0 Å². The summed E-state index contributed by atoms with van der Waals surface area (Å²) in [6.45, 7) is 0.843. The largest absolute Gasteiger partial charge is 0.451 e. The number of hydrogen-bond acceptors (Lipinski definition) is 6. The van der Waals surface area contributed by atoms with Gasteiger partial charge in [0.2, 0.25) is 15.8 Å². The molecule has 0 aliphatic carbocycles. The smallest absolute Gasteiger partial charge is 0.384 e. The Kier molecular flexibility index (Phi) is 3.97. The SMILES string of the molecule is CS(=O)(=O)N1CCN(c2cc(N)nc(C(F)(F)F)n2)CC1. The maximum absolute atomic E-state index is 12.6. The summed E-state index contributed by atoms with van der Waals surface area (Å²) >= 11 is 0. The van der Waals surface area contributed by atoms with Crippen molar-refractivity contribution < 1.29 is 21.6 Å². The molecule has 0 atom stereocenters. The molecule has 1 saturated heterocycles. The van der Waals surface area contributed by atoms with Gasteiger partial charge in [0.05, 0.1) is 6.26 Å². The van der Waals surface area contributed by atoms with E-state index in [4.69, 9.17) is 5.73 Å². The van der Waals surface area contributed by atoms with Crippen LogP contribution >= 0.6 is 0 Å². The van der Waals surface area contributed by atoms with Gasteiger partial charge in [0.15, 0.2) is 0 Å². The zero-order chi connectivity index (χ0) is 15.8. The van der Waals surface area contributed by atoms with Gasteiger partial charge in [-0.25, -0.2) is 18.4 Å². The van der Waals surface area contributed by atoms with Gasteiger partial charge in [-0.05, 0) is 0 Å². The molecule has 0 amide bonds. The lowest BCUT2D eigenvalue weighted by Crippen LogP contribution is -2.48. The molecule has 7 nitrogen and oxygen atoms in total. The summed E-state index contributed by atoms with van der Waals surface area (Å²) in [6, 6.07) is 1.24. The number of hydrogen-bond donors (Lipinski definition) is 1. The highest BCUT2D eigenvalue weighted by molar-refractivity contribution is 7.88. The molecule has 2 heterocycles. The third kappa shape index (κ3) is 3.73. The zero-order valence-electron chi connectivity index (χ0n) is 11.1. The highest BCUT2D eigenvalue weighted by atomic mass is 32.2. The summed E-state index contributed by atoms with van der Waals surface area (Å²) in [5, 5.41) is 0. The van der Waals surface area contributed by atoms with Crippen LogP contribution in [0.3, 0.4) is 0 Å². The molecular formula is C10H14F3N5O2S. The molecule has 2 rings (SSSR count). The third-order valence-electron chi connectivity index (χ3n) is 3.02. The summed E-state index contributed by atoms with van der Waals surface area (Å²) < 4.78 is 62.0. The lowest BCUT2D eigenvalue weighted by molar-refractivity contribution is -0.144. The molecule has 1 aromatic heterocycles. The number of nitrogens with two attached hydrogens (primary N) is 1. The number of halogens is 3. The van der Waals surface area contributed by atoms with Crippen molar-refractivity contribution in [1.29, 1.82) is 0 Å². The van der Waals surface area contributed by atoms with Crippen LogP contribution < -0.4 is 10.6 Å². The first-order valence-electron chi connectivity index (χ1n) is 5.99. The molecule has 0 radical (unpaired) electrons. The number of nitrogens with zero attached hydrogens (tertiary/aromatic N) is 4. The molecule has 0 spiro atoms. The van der Waals surface area contributed by atoms with Crippen molar-refractivity contribution in [2.75, 3.05) is 43.1 Å². The number of aromatic nitrogens is 2. The number of anilines is 2. The van der Waals surface area contributed by atoms with E-state index in [2.05, 4.69) is 9.97 Å². The van der Waals surface area contributed by atoms with Crippen LogP contribution in [0, 0.1) is 0 Å². The fraction of sp³-hybridized carbons (Fsp3) is 0.600. The molecule has 0 aromatic carbocycles. The number of alkyl halides is 3. The van der Waals surface area contributed by atoms with E-state index >= 15 is 0 Å². The number of sulfonamides is 1. The molecule has 1 fully saturated rings. The van der Waals surface area contributed by atoms with Crippen molar-refractivity contribution in [2.24, 2.45) is 0 Å². The summed E-state index contributed by atoms with van der Waals surface area (Å²) in [5.41, 5.74) is 5.38. The van der Waals surface area contributed by atoms with E-state index in [0.29, 0.717) is 0 Å². The average Bonchev–Trinajstić information content (AvgIpc) is 2.36. The van der Waals surface area contributed by atoms with Crippen LogP contribution in [0.4, 0.5) is 24.8 Å². The number of piperazine rings is 1. The molecule has 21 heavy (non-hydrogen) atoms. The van der Waals surface area contributed by atoms with Gasteiger partial charge >= 0.3 is 6.18 Å². The molecule has 0 bridgehead atoms. The highest BCUT2D eigenvalue weighted by Gasteiger charge is 2.36. The van der Waals surface area contributed by atoms with E-state index in [-0.39, 0.29) is 37.8 Å². The topological polar surface area (TPSA) is 92.4 Å². The van der Waals surface area contributed by atoms with Crippen LogP contribution in [0.25, 0.3) is 0 Å². The molecule has 0 unspecified atom stereocenters. The van der Waals surface area contributed by atoms with Crippen molar-refractivity contribution in [1.82, 2.24) is 14.3 Å². The number of rotatable bonds is 2. The monoisotopic (exact) mass is 325 g/mol. The van der Waals surface area contributed by atoms with Crippen molar-refractivity contribution in [3.05, 3.63) is 11.9 Å². The lowest BCUT2D eigenvalue weighted by atomic mass is 10.3. The van der Waals surface area contributed by atoms with Gasteiger partial charge in [-0.2, -0.15) is 17.5 Å². The summed E-state index contributed by atoms with van der Waals surface area (Å²) in [7, 11) is -3.30. The maximum atomic E-state index is 12.6. The second-order valence-electron chi connectivity index (χ2n) is 4.62. The predicted octanol–water partition coefficient (Wildman–Crippen LogP) is 0.159. The Hall–Kier alpha value is -1.62. The molecule has 1 aliphatic rings. The van der Waals surface area contributed by atoms with E-state index in [0.717, 1.165) is 6.26 Å². The normalized spacial score (nSPS) is 18.0. The summed E-state index contributed by atoms with van der Waals surface area (Å²) in [4.78, 5) is 8.17. The first kappa shape index (κ1) is 15.8. The first-order chi connectivity index (χ1) is 9.57. The molecule has 1 aliphatic heterocycles. The predicted molar refractivity (Wildman–Crippen MR) is 70.1 cm³/mol. The van der Waals surface area contributed by atoms with Gasteiger partial charge in [0.1, 0.15) is 11.6 Å². The van der Waals surface area contributed by atoms with E-state index < -0.39 is 22.0 Å². The quantitative estimate of drug-likeness (QED) is 0.833. The first-order valence-corrected chi connectivity index (χ1v) is 7.84. The van der Waals surface area contributed by atoms with Gasteiger partial charge in [-0.15, -0.1) is 0 Å². The Morgan fingerprint density at radius 2 is 1.76 bits per heavy atom. The van der Waals surface area contributed by atoms with Crippen molar-refractivity contribution >= 4 is 21.7 Å². The standard InChI is InChI=1S/C10H14F3N5O2S/c1-21(19,20)18-4-2-17(3-5-18)8-6-7(14)15-9(16-8)10(11,12)13/h6H,2-5H2,1H3,(H2,14,15,16). The van der Waals surface area contributed by atoms with Crippen LogP contribution in [0.1, 0.15) is 5.82 Å². The van der Waals surface area contributed by atoms with Crippen LogP contribution in [-0.2, 0) is 16.2 Å². The fourth-order valence-corrected chi connectivity index (χ4v) is 2.82. The van der Waals surface area contributed by atoms with Crippen molar-refractivity contribution in [2.45, 2.75) is 6.18 Å². The lowest BCUT2D eigenvalue weighted by Gasteiger charge is -2.34. The van der Waals surface area contributed by atoms with Gasteiger partial charge < -0.3 is 10.6 Å². The second kappa shape index (κ2) is 5.30.